The number of benzene rings is 4. The Labute approximate surface area is 280 Å². The van der Waals surface area contributed by atoms with Gasteiger partial charge in [-0.3, -0.25) is 13.9 Å². The van der Waals surface area contributed by atoms with Crippen LogP contribution in [0, 0.1) is 0 Å². The van der Waals surface area contributed by atoms with Gasteiger partial charge in [-0.1, -0.05) is 77.8 Å². The van der Waals surface area contributed by atoms with Crippen LogP contribution in [-0.2, 0) is 32.6 Å². The van der Waals surface area contributed by atoms with Gasteiger partial charge >= 0.3 is 0 Å². The first kappa shape index (κ1) is 34.8. The van der Waals surface area contributed by atoms with Crippen molar-refractivity contribution in [1.82, 2.24) is 10.2 Å². The molecule has 1 N–H and O–H groups in total. The van der Waals surface area contributed by atoms with Gasteiger partial charge < -0.3 is 15.0 Å². The van der Waals surface area contributed by atoms with Crippen LogP contribution < -0.4 is 14.4 Å². The molecule has 0 unspecified atom stereocenters. The van der Waals surface area contributed by atoms with Gasteiger partial charge in [0.2, 0.25) is 11.8 Å². The van der Waals surface area contributed by atoms with Crippen molar-refractivity contribution in [3.63, 3.8) is 0 Å². The van der Waals surface area contributed by atoms with Crippen molar-refractivity contribution in [3.05, 3.63) is 124 Å². The van der Waals surface area contributed by atoms with Gasteiger partial charge in [0, 0.05) is 19.0 Å². The second-order valence-corrected chi connectivity index (χ2v) is 13.6. The highest BCUT2D eigenvalue weighted by molar-refractivity contribution is 7.92. The molecule has 2 amide bonds. The molecule has 4 rings (SSSR count). The van der Waals surface area contributed by atoms with Gasteiger partial charge in [-0.2, -0.15) is 0 Å². The summed E-state index contributed by atoms with van der Waals surface area (Å²) in [4.78, 5) is 29.7. The van der Waals surface area contributed by atoms with Crippen molar-refractivity contribution in [1.29, 1.82) is 0 Å². The fourth-order valence-electron chi connectivity index (χ4n) is 4.89. The molecule has 0 aliphatic carbocycles. The Kier molecular flexibility index (Phi) is 12.1. The van der Waals surface area contributed by atoms with Crippen molar-refractivity contribution in [2.45, 2.75) is 50.7 Å². The molecule has 0 saturated heterocycles. The summed E-state index contributed by atoms with van der Waals surface area (Å²) in [5, 5.41) is 3.58. The van der Waals surface area contributed by atoms with Crippen molar-refractivity contribution in [2.75, 3.05) is 17.5 Å². The van der Waals surface area contributed by atoms with Crippen molar-refractivity contribution in [2.24, 2.45) is 0 Å². The smallest absolute Gasteiger partial charge is 0.264 e. The number of nitrogens with zero attached hydrogens (tertiary/aromatic N) is 2. The molecular formula is C35H37Cl2N3O5S. The number of para-hydroxylation sites is 1. The van der Waals surface area contributed by atoms with Crippen LogP contribution >= 0.6 is 23.2 Å². The molecule has 0 aliphatic heterocycles. The number of carbonyl (C=O) groups excluding carboxylic acids is 2. The molecule has 1 atom stereocenters. The molecule has 0 aromatic heterocycles. The average molecular weight is 683 g/mol. The van der Waals surface area contributed by atoms with E-state index in [1.54, 1.807) is 60.7 Å². The maximum Gasteiger partial charge on any atom is 0.264 e. The first-order chi connectivity index (χ1) is 22.0. The fraction of sp³-hybridized carbons (Fsp3) is 0.257. The molecule has 0 aliphatic rings. The van der Waals surface area contributed by atoms with Crippen molar-refractivity contribution < 1.29 is 22.7 Å². The van der Waals surface area contributed by atoms with Crippen LogP contribution in [0.1, 0.15) is 31.9 Å². The van der Waals surface area contributed by atoms with Crippen LogP contribution in [0.15, 0.2) is 108 Å². The molecule has 242 valence electrons. The Balaban J connectivity index is 1.79. The van der Waals surface area contributed by atoms with E-state index in [1.807, 2.05) is 51.1 Å². The van der Waals surface area contributed by atoms with Gasteiger partial charge in [0.25, 0.3) is 10.0 Å². The highest BCUT2D eigenvalue weighted by atomic mass is 35.5. The van der Waals surface area contributed by atoms with Gasteiger partial charge in [0.1, 0.15) is 18.3 Å². The van der Waals surface area contributed by atoms with E-state index in [-0.39, 0.29) is 29.8 Å². The van der Waals surface area contributed by atoms with Crippen LogP contribution in [0.2, 0.25) is 10.0 Å². The van der Waals surface area contributed by atoms with Gasteiger partial charge in [0.15, 0.2) is 0 Å². The number of hydrogen-bond donors (Lipinski definition) is 1. The lowest BCUT2D eigenvalue weighted by molar-refractivity contribution is -0.140. The second-order valence-electron chi connectivity index (χ2n) is 10.9. The van der Waals surface area contributed by atoms with E-state index < -0.39 is 28.5 Å². The summed E-state index contributed by atoms with van der Waals surface area (Å²) in [6.07, 6.45) is 0.198. The number of nitrogens with one attached hydrogen (secondary N) is 1. The van der Waals surface area contributed by atoms with Crippen LogP contribution in [0.3, 0.4) is 0 Å². The predicted octanol–water partition coefficient (Wildman–Crippen LogP) is 6.75. The number of rotatable bonds is 14. The normalized spacial score (nSPS) is 12.0. The molecule has 4 aromatic carbocycles. The zero-order chi connectivity index (χ0) is 33.3. The average Bonchev–Trinajstić information content (AvgIpc) is 3.04. The summed E-state index contributed by atoms with van der Waals surface area (Å²) < 4.78 is 34.8. The number of carbonyl (C=O) groups is 2. The van der Waals surface area contributed by atoms with E-state index in [4.69, 9.17) is 27.9 Å². The lowest BCUT2D eigenvalue weighted by Crippen LogP contribution is -2.54. The Morgan fingerprint density at radius 2 is 1.46 bits per heavy atom. The fourth-order valence-corrected chi connectivity index (χ4v) is 6.63. The van der Waals surface area contributed by atoms with Gasteiger partial charge in [-0.05, 0) is 80.4 Å². The monoisotopic (exact) mass is 681 g/mol. The molecule has 0 bridgehead atoms. The standard InChI is InChI=1S/C35H37Cl2N3O5S/c1-4-45-29-16-18-30(19-17-29)46(43,44)40(28-13-9-6-10-14-28)24-34(41)39(23-27-15-20-31(36)32(37)21-27)33(35(42)38-25(2)3)22-26-11-7-5-8-12-26/h5-21,25,33H,4,22-24H2,1-3H3,(H,38,42)/t33-/m0/s1. The Morgan fingerprint density at radius 3 is 2.04 bits per heavy atom. The van der Waals surface area contributed by atoms with Gasteiger partial charge in [0.05, 0.1) is 27.2 Å². The minimum Gasteiger partial charge on any atom is -0.494 e. The predicted molar refractivity (Wildman–Crippen MR) is 183 cm³/mol. The van der Waals surface area contributed by atoms with Gasteiger partial charge in [-0.25, -0.2) is 8.42 Å². The maximum atomic E-state index is 14.5. The van der Waals surface area contributed by atoms with E-state index >= 15 is 0 Å². The highest BCUT2D eigenvalue weighted by Crippen LogP contribution is 2.27. The first-order valence-corrected chi connectivity index (χ1v) is 17.1. The van der Waals surface area contributed by atoms with Gasteiger partial charge in [-0.15, -0.1) is 0 Å². The third-order valence-electron chi connectivity index (χ3n) is 7.08. The highest BCUT2D eigenvalue weighted by Gasteiger charge is 2.35. The number of halogens is 2. The van der Waals surface area contributed by atoms with Crippen LogP contribution in [0.25, 0.3) is 0 Å². The number of sulfonamides is 1. The third kappa shape index (κ3) is 9.02. The number of hydrogen-bond acceptors (Lipinski definition) is 5. The zero-order valence-corrected chi connectivity index (χ0v) is 28.2. The Morgan fingerprint density at radius 1 is 0.826 bits per heavy atom. The largest absolute Gasteiger partial charge is 0.494 e. The molecule has 0 heterocycles. The lowest BCUT2D eigenvalue weighted by atomic mass is 10.0. The molecule has 4 aromatic rings. The Hall–Kier alpha value is -4.05. The summed E-state index contributed by atoms with van der Waals surface area (Å²) in [5.41, 5.74) is 1.75. The van der Waals surface area contributed by atoms with Crippen molar-refractivity contribution in [3.8, 4) is 5.75 Å². The molecule has 11 heteroatoms. The third-order valence-corrected chi connectivity index (χ3v) is 9.61. The maximum absolute atomic E-state index is 14.5. The molecule has 8 nitrogen and oxygen atoms in total. The molecule has 0 fully saturated rings. The molecule has 0 spiro atoms. The molecule has 46 heavy (non-hydrogen) atoms. The SMILES string of the molecule is CCOc1ccc(S(=O)(=O)N(CC(=O)N(Cc2ccc(Cl)c(Cl)c2)[C@@H](Cc2ccccc2)C(=O)NC(C)C)c2ccccc2)cc1. The first-order valence-electron chi connectivity index (χ1n) is 14.9. The quantitative estimate of drug-likeness (QED) is 0.159. The summed E-state index contributed by atoms with van der Waals surface area (Å²) in [7, 11) is -4.23. The summed E-state index contributed by atoms with van der Waals surface area (Å²) in [6, 6.07) is 27.6. The molecular weight excluding hydrogens is 645 g/mol. The van der Waals surface area contributed by atoms with E-state index in [0.29, 0.717) is 33.7 Å². The minimum atomic E-state index is -4.23. The van der Waals surface area contributed by atoms with Crippen LogP contribution in [0.5, 0.6) is 5.75 Å². The Bertz CT molecular complexity index is 1720. The second kappa shape index (κ2) is 16.0. The van der Waals surface area contributed by atoms with Crippen LogP contribution in [-0.4, -0.2) is 50.4 Å². The number of ether oxygens (including phenoxy) is 1. The summed E-state index contributed by atoms with van der Waals surface area (Å²) in [5.74, 6) is -0.423. The van der Waals surface area contributed by atoms with E-state index in [2.05, 4.69) is 5.32 Å². The lowest BCUT2D eigenvalue weighted by Gasteiger charge is -2.34. The molecule has 0 saturated carbocycles. The van der Waals surface area contributed by atoms with Crippen LogP contribution in [0.4, 0.5) is 5.69 Å². The van der Waals surface area contributed by atoms with E-state index in [9.17, 15) is 18.0 Å². The van der Waals surface area contributed by atoms with E-state index in [0.717, 1.165) is 9.87 Å². The molecule has 0 radical (unpaired) electrons. The number of amides is 2. The zero-order valence-electron chi connectivity index (χ0n) is 25.9. The summed E-state index contributed by atoms with van der Waals surface area (Å²) in [6.45, 7) is 5.35. The number of anilines is 1. The van der Waals surface area contributed by atoms with Crippen molar-refractivity contribution >= 4 is 50.7 Å². The summed E-state index contributed by atoms with van der Waals surface area (Å²) >= 11 is 12.5. The topological polar surface area (TPSA) is 96.0 Å². The van der Waals surface area contributed by atoms with E-state index in [1.165, 1.54) is 17.0 Å². The minimum absolute atomic E-state index is 0.0120.